The molecule has 0 fully saturated rings. The van der Waals surface area contributed by atoms with E-state index in [2.05, 4.69) is 0 Å². The van der Waals surface area contributed by atoms with Crippen molar-refractivity contribution < 1.29 is 9.53 Å². The SMILES string of the molecule is Cc1ccc(-c2cc(C(=O)Oc3ccc(C)c(C)c3)c3cccc(C)c3n2)cc1. The first-order chi connectivity index (χ1) is 13.9. The topological polar surface area (TPSA) is 39.2 Å². The van der Waals surface area contributed by atoms with Crippen molar-refractivity contribution in [1.82, 2.24) is 4.98 Å². The molecule has 0 unspecified atom stereocenters. The van der Waals surface area contributed by atoms with Gasteiger partial charge in [0.25, 0.3) is 0 Å². The van der Waals surface area contributed by atoms with E-state index in [1.807, 2.05) is 94.4 Å². The minimum Gasteiger partial charge on any atom is -0.423 e. The molecule has 0 aliphatic carbocycles. The number of aryl methyl sites for hydroxylation is 4. The summed E-state index contributed by atoms with van der Waals surface area (Å²) < 4.78 is 5.73. The molecule has 1 heterocycles. The Bertz CT molecular complexity index is 1220. The second-order valence-corrected chi connectivity index (χ2v) is 7.53. The van der Waals surface area contributed by atoms with Crippen LogP contribution in [0.1, 0.15) is 32.6 Å². The van der Waals surface area contributed by atoms with Crippen LogP contribution >= 0.6 is 0 Å². The van der Waals surface area contributed by atoms with Crippen LogP contribution < -0.4 is 4.74 Å². The smallest absolute Gasteiger partial charge is 0.344 e. The lowest BCUT2D eigenvalue weighted by Gasteiger charge is -2.12. The Morgan fingerprint density at radius 1 is 0.793 bits per heavy atom. The molecule has 0 atom stereocenters. The van der Waals surface area contributed by atoms with Crippen LogP contribution in [0.15, 0.2) is 66.7 Å². The van der Waals surface area contributed by atoms with Crippen LogP contribution in [-0.2, 0) is 0 Å². The van der Waals surface area contributed by atoms with E-state index in [0.717, 1.165) is 38.9 Å². The van der Waals surface area contributed by atoms with E-state index in [1.54, 1.807) is 0 Å². The predicted octanol–water partition coefficient (Wildman–Crippen LogP) is 6.35. The number of aromatic nitrogens is 1. The van der Waals surface area contributed by atoms with Crippen LogP contribution in [0.3, 0.4) is 0 Å². The highest BCUT2D eigenvalue weighted by Gasteiger charge is 2.17. The van der Waals surface area contributed by atoms with Crippen LogP contribution in [0, 0.1) is 27.7 Å². The van der Waals surface area contributed by atoms with Gasteiger partial charge in [0.05, 0.1) is 16.8 Å². The maximum Gasteiger partial charge on any atom is 0.344 e. The Balaban J connectivity index is 1.83. The summed E-state index contributed by atoms with van der Waals surface area (Å²) in [6.07, 6.45) is 0. The van der Waals surface area contributed by atoms with E-state index in [9.17, 15) is 4.79 Å². The van der Waals surface area contributed by atoms with Crippen molar-refractivity contribution in [1.29, 1.82) is 0 Å². The Morgan fingerprint density at radius 2 is 1.55 bits per heavy atom. The van der Waals surface area contributed by atoms with Gasteiger partial charge < -0.3 is 4.74 Å². The Kier molecular flexibility index (Phi) is 4.89. The normalized spacial score (nSPS) is 10.9. The highest BCUT2D eigenvalue weighted by atomic mass is 16.5. The molecule has 3 nitrogen and oxygen atoms in total. The largest absolute Gasteiger partial charge is 0.423 e. The van der Waals surface area contributed by atoms with Gasteiger partial charge in [0, 0.05) is 10.9 Å². The Hall–Kier alpha value is -3.46. The van der Waals surface area contributed by atoms with Crippen molar-refractivity contribution in [2.24, 2.45) is 0 Å². The van der Waals surface area contributed by atoms with Crippen LogP contribution in [0.5, 0.6) is 5.75 Å². The number of nitrogens with zero attached hydrogens (tertiary/aromatic N) is 1. The molecule has 3 heteroatoms. The third-order valence-corrected chi connectivity index (χ3v) is 5.30. The van der Waals surface area contributed by atoms with Crippen LogP contribution in [0.4, 0.5) is 0 Å². The minimum absolute atomic E-state index is 0.375. The quantitative estimate of drug-likeness (QED) is 0.306. The number of hydrogen-bond acceptors (Lipinski definition) is 3. The summed E-state index contributed by atoms with van der Waals surface area (Å²) in [4.78, 5) is 18.0. The van der Waals surface area contributed by atoms with Gasteiger partial charge in [-0.15, -0.1) is 0 Å². The lowest BCUT2D eigenvalue weighted by Crippen LogP contribution is -2.10. The molecule has 4 rings (SSSR count). The molecule has 0 N–H and O–H groups in total. The Morgan fingerprint density at radius 3 is 2.28 bits per heavy atom. The number of benzene rings is 3. The number of rotatable bonds is 3. The third kappa shape index (κ3) is 3.77. The maximum absolute atomic E-state index is 13.1. The van der Waals surface area contributed by atoms with Crippen molar-refractivity contribution in [2.75, 3.05) is 0 Å². The molecule has 0 radical (unpaired) electrons. The van der Waals surface area contributed by atoms with Crippen LogP contribution in [0.2, 0.25) is 0 Å². The van der Waals surface area contributed by atoms with Gasteiger partial charge in [-0.3, -0.25) is 0 Å². The van der Waals surface area contributed by atoms with E-state index in [0.29, 0.717) is 11.3 Å². The molecule has 0 bridgehead atoms. The molecular formula is C26H23NO2. The molecule has 0 saturated heterocycles. The number of para-hydroxylation sites is 1. The zero-order chi connectivity index (χ0) is 20.5. The van der Waals surface area contributed by atoms with Gasteiger partial charge in [0.2, 0.25) is 0 Å². The first-order valence-corrected chi connectivity index (χ1v) is 9.69. The molecule has 0 amide bonds. The molecule has 144 valence electrons. The maximum atomic E-state index is 13.1. The molecule has 0 saturated carbocycles. The van der Waals surface area contributed by atoms with Crippen molar-refractivity contribution in [3.05, 3.63) is 94.5 Å². The highest BCUT2D eigenvalue weighted by Crippen LogP contribution is 2.28. The fourth-order valence-corrected chi connectivity index (χ4v) is 3.37. The van der Waals surface area contributed by atoms with Crippen molar-refractivity contribution in [2.45, 2.75) is 27.7 Å². The number of esters is 1. The third-order valence-electron chi connectivity index (χ3n) is 5.30. The number of carbonyl (C=O) groups is 1. The summed E-state index contributed by atoms with van der Waals surface area (Å²) in [5, 5.41) is 0.801. The molecule has 1 aromatic heterocycles. The van der Waals surface area contributed by atoms with Gasteiger partial charge in [0.1, 0.15) is 5.75 Å². The molecule has 3 aromatic carbocycles. The molecule has 0 aliphatic rings. The number of carbonyl (C=O) groups excluding carboxylic acids is 1. The van der Waals surface area contributed by atoms with Crippen molar-refractivity contribution >= 4 is 16.9 Å². The second kappa shape index (κ2) is 7.51. The van der Waals surface area contributed by atoms with E-state index >= 15 is 0 Å². The summed E-state index contributed by atoms with van der Waals surface area (Å²) >= 11 is 0. The number of hydrogen-bond donors (Lipinski definition) is 0. The lowest BCUT2D eigenvalue weighted by atomic mass is 10.0. The first kappa shape index (κ1) is 18.9. The first-order valence-electron chi connectivity index (χ1n) is 9.69. The molecular weight excluding hydrogens is 358 g/mol. The molecule has 29 heavy (non-hydrogen) atoms. The Labute approximate surface area is 171 Å². The van der Waals surface area contributed by atoms with Crippen molar-refractivity contribution in [3.63, 3.8) is 0 Å². The van der Waals surface area contributed by atoms with E-state index in [1.165, 1.54) is 5.56 Å². The van der Waals surface area contributed by atoms with Gasteiger partial charge in [-0.1, -0.05) is 54.1 Å². The van der Waals surface area contributed by atoms with Crippen LogP contribution in [0.25, 0.3) is 22.2 Å². The number of fused-ring (bicyclic) bond motifs is 1. The lowest BCUT2D eigenvalue weighted by molar-refractivity contribution is 0.0736. The molecule has 4 aromatic rings. The fraction of sp³-hybridized carbons (Fsp3) is 0.154. The van der Waals surface area contributed by atoms with Gasteiger partial charge in [-0.25, -0.2) is 9.78 Å². The van der Waals surface area contributed by atoms with Gasteiger partial charge in [-0.2, -0.15) is 0 Å². The standard InChI is InChI=1S/C26H23NO2/c1-16-8-11-20(12-9-16)24-15-23(22-7-5-6-18(3)25(22)27-24)26(28)29-21-13-10-17(2)19(4)14-21/h5-15H,1-4H3. The number of pyridine rings is 1. The monoisotopic (exact) mass is 381 g/mol. The van der Waals surface area contributed by atoms with E-state index in [-0.39, 0.29) is 5.97 Å². The second-order valence-electron chi connectivity index (χ2n) is 7.53. The predicted molar refractivity (Wildman–Crippen MR) is 118 cm³/mol. The van der Waals surface area contributed by atoms with Crippen LogP contribution in [-0.4, -0.2) is 11.0 Å². The number of ether oxygens (including phenoxy) is 1. The fourth-order valence-electron chi connectivity index (χ4n) is 3.37. The van der Waals surface area contributed by atoms with E-state index in [4.69, 9.17) is 9.72 Å². The van der Waals surface area contributed by atoms with Crippen molar-refractivity contribution in [3.8, 4) is 17.0 Å². The molecule has 0 spiro atoms. The highest BCUT2D eigenvalue weighted by molar-refractivity contribution is 6.06. The zero-order valence-corrected chi connectivity index (χ0v) is 17.1. The summed E-state index contributed by atoms with van der Waals surface area (Å²) in [6.45, 7) is 8.10. The van der Waals surface area contributed by atoms with E-state index < -0.39 is 0 Å². The summed E-state index contributed by atoms with van der Waals surface area (Å²) in [5.41, 5.74) is 7.53. The van der Waals surface area contributed by atoms with Gasteiger partial charge in [-0.05, 0) is 62.6 Å². The summed E-state index contributed by atoms with van der Waals surface area (Å²) in [6, 6.07) is 21.5. The average Bonchev–Trinajstić information content (AvgIpc) is 2.71. The summed E-state index contributed by atoms with van der Waals surface area (Å²) in [5.74, 6) is 0.173. The average molecular weight is 381 g/mol. The zero-order valence-electron chi connectivity index (χ0n) is 17.1. The van der Waals surface area contributed by atoms with Gasteiger partial charge >= 0.3 is 5.97 Å². The minimum atomic E-state index is -0.375. The summed E-state index contributed by atoms with van der Waals surface area (Å²) in [7, 11) is 0. The van der Waals surface area contributed by atoms with Gasteiger partial charge in [0.15, 0.2) is 0 Å². The molecule has 0 aliphatic heterocycles.